The summed E-state index contributed by atoms with van der Waals surface area (Å²) in [4.78, 5) is 11.5. The number of benzene rings is 2. The van der Waals surface area contributed by atoms with Gasteiger partial charge in [0.2, 0.25) is 0 Å². The SMILES string of the molecule is CC(=O)c1cccc(S(=O)(=O)Nc2ccc(-n3cccn3)cc2)c1. The molecule has 0 aliphatic rings. The summed E-state index contributed by atoms with van der Waals surface area (Å²) in [5, 5.41) is 4.11. The largest absolute Gasteiger partial charge is 0.295 e. The molecule has 1 heterocycles. The van der Waals surface area contributed by atoms with Gasteiger partial charge in [0, 0.05) is 23.6 Å². The van der Waals surface area contributed by atoms with Crippen LogP contribution in [-0.4, -0.2) is 24.0 Å². The monoisotopic (exact) mass is 341 g/mol. The maximum Gasteiger partial charge on any atom is 0.261 e. The molecule has 7 heteroatoms. The van der Waals surface area contributed by atoms with Gasteiger partial charge in [-0.3, -0.25) is 9.52 Å². The molecule has 0 radical (unpaired) electrons. The van der Waals surface area contributed by atoms with Crippen LogP contribution < -0.4 is 4.72 Å². The van der Waals surface area contributed by atoms with Gasteiger partial charge in [0.15, 0.2) is 5.78 Å². The zero-order valence-electron chi connectivity index (χ0n) is 12.9. The van der Waals surface area contributed by atoms with E-state index in [4.69, 9.17) is 0 Å². The third-order valence-corrected chi connectivity index (χ3v) is 4.82. The molecule has 0 saturated heterocycles. The summed E-state index contributed by atoms with van der Waals surface area (Å²) in [7, 11) is -3.76. The first kappa shape index (κ1) is 15.9. The van der Waals surface area contributed by atoms with Gasteiger partial charge in [-0.25, -0.2) is 13.1 Å². The van der Waals surface area contributed by atoms with Crippen molar-refractivity contribution >= 4 is 21.5 Å². The van der Waals surface area contributed by atoms with E-state index < -0.39 is 10.0 Å². The maximum absolute atomic E-state index is 12.5. The predicted molar refractivity (Wildman–Crippen MR) is 90.8 cm³/mol. The summed E-state index contributed by atoms with van der Waals surface area (Å²) in [6, 6.07) is 14.6. The van der Waals surface area contributed by atoms with Crippen LogP contribution in [0.25, 0.3) is 5.69 Å². The average Bonchev–Trinajstić information content (AvgIpc) is 3.10. The van der Waals surface area contributed by atoms with E-state index >= 15 is 0 Å². The Morgan fingerprint density at radius 3 is 2.46 bits per heavy atom. The molecule has 6 nitrogen and oxygen atoms in total. The third kappa shape index (κ3) is 3.36. The van der Waals surface area contributed by atoms with Crippen LogP contribution in [0, 0.1) is 0 Å². The molecular formula is C17H15N3O3S. The van der Waals surface area contributed by atoms with E-state index in [2.05, 4.69) is 9.82 Å². The molecule has 0 saturated carbocycles. The van der Waals surface area contributed by atoms with Crippen molar-refractivity contribution in [2.24, 2.45) is 0 Å². The summed E-state index contributed by atoms with van der Waals surface area (Å²) in [5.74, 6) is -0.185. The Balaban J connectivity index is 1.84. The van der Waals surface area contributed by atoms with Crippen LogP contribution >= 0.6 is 0 Å². The number of nitrogens with one attached hydrogen (secondary N) is 1. The minimum Gasteiger partial charge on any atom is -0.295 e. The van der Waals surface area contributed by atoms with Crippen molar-refractivity contribution in [3.05, 3.63) is 72.6 Å². The maximum atomic E-state index is 12.5. The Bertz CT molecular complexity index is 963. The van der Waals surface area contributed by atoms with E-state index in [1.807, 2.05) is 0 Å². The second-order valence-electron chi connectivity index (χ2n) is 5.19. The fourth-order valence-electron chi connectivity index (χ4n) is 2.20. The highest BCUT2D eigenvalue weighted by Crippen LogP contribution is 2.19. The first-order valence-electron chi connectivity index (χ1n) is 7.20. The van der Waals surface area contributed by atoms with Gasteiger partial charge < -0.3 is 0 Å². The summed E-state index contributed by atoms with van der Waals surface area (Å²) in [5.41, 5.74) is 1.60. The fourth-order valence-corrected chi connectivity index (χ4v) is 3.30. The molecule has 3 aromatic rings. The van der Waals surface area contributed by atoms with Gasteiger partial charge in [0.25, 0.3) is 10.0 Å². The molecule has 0 spiro atoms. The van der Waals surface area contributed by atoms with Crippen molar-refractivity contribution in [3.63, 3.8) is 0 Å². The quantitative estimate of drug-likeness (QED) is 0.724. The molecule has 0 fully saturated rings. The molecule has 3 rings (SSSR count). The Labute approximate surface area is 139 Å². The molecule has 2 aromatic carbocycles. The van der Waals surface area contributed by atoms with Crippen molar-refractivity contribution in [2.45, 2.75) is 11.8 Å². The van der Waals surface area contributed by atoms with E-state index in [1.165, 1.54) is 19.1 Å². The molecule has 1 N–H and O–H groups in total. The number of carbonyl (C=O) groups excluding carboxylic acids is 1. The summed E-state index contributed by atoms with van der Waals surface area (Å²) >= 11 is 0. The van der Waals surface area contributed by atoms with Crippen LogP contribution in [0.5, 0.6) is 0 Å². The topological polar surface area (TPSA) is 81.1 Å². The lowest BCUT2D eigenvalue weighted by molar-refractivity contribution is 0.101. The van der Waals surface area contributed by atoms with E-state index in [1.54, 1.807) is 59.5 Å². The molecule has 0 amide bonds. The zero-order valence-corrected chi connectivity index (χ0v) is 13.7. The number of hydrogen-bond acceptors (Lipinski definition) is 4. The molecule has 1 aromatic heterocycles. The average molecular weight is 341 g/mol. The summed E-state index contributed by atoms with van der Waals surface area (Å²) in [6.45, 7) is 1.40. The number of rotatable bonds is 5. The number of sulfonamides is 1. The highest BCUT2D eigenvalue weighted by atomic mass is 32.2. The first-order valence-corrected chi connectivity index (χ1v) is 8.68. The number of ketones is 1. The van der Waals surface area contributed by atoms with Crippen molar-refractivity contribution in [3.8, 4) is 5.69 Å². The van der Waals surface area contributed by atoms with Crippen LogP contribution in [0.3, 0.4) is 0 Å². The molecule has 24 heavy (non-hydrogen) atoms. The summed E-state index contributed by atoms with van der Waals surface area (Å²) in [6.07, 6.45) is 3.46. The van der Waals surface area contributed by atoms with Crippen molar-refractivity contribution in [1.82, 2.24) is 9.78 Å². The number of hydrogen-bond donors (Lipinski definition) is 1. The second kappa shape index (κ2) is 6.29. The Morgan fingerprint density at radius 2 is 1.83 bits per heavy atom. The van der Waals surface area contributed by atoms with Gasteiger partial charge in [0.05, 0.1) is 10.6 Å². The lowest BCUT2D eigenvalue weighted by atomic mass is 10.2. The number of Topliss-reactive ketones (excluding diaryl/α,β-unsaturated/α-hetero) is 1. The van der Waals surface area contributed by atoms with Crippen LogP contribution in [0.15, 0.2) is 71.9 Å². The molecule has 0 aliphatic carbocycles. The van der Waals surface area contributed by atoms with Crippen molar-refractivity contribution in [1.29, 1.82) is 0 Å². The molecular weight excluding hydrogens is 326 g/mol. The molecule has 0 unspecified atom stereocenters. The molecule has 122 valence electrons. The minimum absolute atomic E-state index is 0.0475. The van der Waals surface area contributed by atoms with Crippen LogP contribution in [-0.2, 0) is 10.0 Å². The van der Waals surface area contributed by atoms with Gasteiger partial charge >= 0.3 is 0 Å². The minimum atomic E-state index is -3.76. The van der Waals surface area contributed by atoms with E-state index in [0.717, 1.165) is 5.69 Å². The van der Waals surface area contributed by atoms with Crippen LogP contribution in [0.1, 0.15) is 17.3 Å². The molecule has 0 aliphatic heterocycles. The van der Waals surface area contributed by atoms with E-state index in [0.29, 0.717) is 11.3 Å². The Kier molecular flexibility index (Phi) is 4.18. The van der Waals surface area contributed by atoms with Gasteiger partial charge in [-0.05, 0) is 49.4 Å². The van der Waals surface area contributed by atoms with E-state index in [-0.39, 0.29) is 10.7 Å². The van der Waals surface area contributed by atoms with Gasteiger partial charge in [-0.15, -0.1) is 0 Å². The second-order valence-corrected chi connectivity index (χ2v) is 6.87. The molecule has 0 atom stereocenters. The third-order valence-electron chi connectivity index (χ3n) is 3.44. The molecule has 0 bridgehead atoms. The number of anilines is 1. The standard InChI is InChI=1S/C17H15N3O3S/c1-13(21)14-4-2-5-17(12-14)24(22,23)19-15-6-8-16(9-7-15)20-11-3-10-18-20/h2-12,19H,1H3. The summed E-state index contributed by atoms with van der Waals surface area (Å²) < 4.78 is 29.1. The normalized spacial score (nSPS) is 11.2. The highest BCUT2D eigenvalue weighted by molar-refractivity contribution is 7.92. The smallest absolute Gasteiger partial charge is 0.261 e. The fraction of sp³-hybridized carbons (Fsp3) is 0.0588. The first-order chi connectivity index (χ1) is 11.5. The zero-order chi connectivity index (χ0) is 17.2. The highest BCUT2D eigenvalue weighted by Gasteiger charge is 2.15. The van der Waals surface area contributed by atoms with Crippen LogP contribution in [0.4, 0.5) is 5.69 Å². The van der Waals surface area contributed by atoms with Crippen molar-refractivity contribution < 1.29 is 13.2 Å². The van der Waals surface area contributed by atoms with Crippen molar-refractivity contribution in [2.75, 3.05) is 4.72 Å². The number of aromatic nitrogens is 2. The lowest BCUT2D eigenvalue weighted by Crippen LogP contribution is -2.13. The Morgan fingerprint density at radius 1 is 1.08 bits per heavy atom. The van der Waals surface area contributed by atoms with E-state index in [9.17, 15) is 13.2 Å². The van der Waals surface area contributed by atoms with Gasteiger partial charge in [-0.1, -0.05) is 12.1 Å². The Hall–Kier alpha value is -2.93. The van der Waals surface area contributed by atoms with Crippen LogP contribution in [0.2, 0.25) is 0 Å². The number of nitrogens with zero attached hydrogens (tertiary/aromatic N) is 2. The van der Waals surface area contributed by atoms with Gasteiger partial charge in [-0.2, -0.15) is 5.10 Å². The number of carbonyl (C=O) groups is 1. The predicted octanol–water partition coefficient (Wildman–Crippen LogP) is 2.88. The lowest BCUT2D eigenvalue weighted by Gasteiger charge is -2.09. The van der Waals surface area contributed by atoms with Gasteiger partial charge in [0.1, 0.15) is 0 Å².